The molecule has 1 heterocycles. The van der Waals surface area contributed by atoms with E-state index in [1.807, 2.05) is 13.8 Å². The fourth-order valence-electron chi connectivity index (χ4n) is 1.63. The highest BCUT2D eigenvalue weighted by molar-refractivity contribution is 7.54. The Morgan fingerprint density at radius 2 is 2.00 bits per heavy atom. The second kappa shape index (κ2) is 7.08. The first-order chi connectivity index (χ1) is 8.94. The van der Waals surface area contributed by atoms with Crippen LogP contribution in [0.25, 0.3) is 0 Å². The van der Waals surface area contributed by atoms with E-state index in [2.05, 4.69) is 0 Å². The van der Waals surface area contributed by atoms with Crippen molar-refractivity contribution >= 4 is 24.9 Å². The summed E-state index contributed by atoms with van der Waals surface area (Å²) in [6.07, 6.45) is 1.14. The summed E-state index contributed by atoms with van der Waals surface area (Å²) in [5.41, 5.74) is -0.388. The van der Waals surface area contributed by atoms with Crippen LogP contribution in [0.15, 0.2) is 12.1 Å². The molecule has 1 rings (SSSR count). The highest BCUT2D eigenvalue weighted by atomic mass is 32.1. The van der Waals surface area contributed by atoms with Crippen LogP contribution in [0, 0.1) is 0 Å². The van der Waals surface area contributed by atoms with Crippen molar-refractivity contribution in [3.05, 3.63) is 17.0 Å². The van der Waals surface area contributed by atoms with Gasteiger partial charge in [-0.25, -0.2) is 9.36 Å². The van der Waals surface area contributed by atoms with Crippen LogP contribution in [0.2, 0.25) is 0 Å². The van der Waals surface area contributed by atoms with Crippen LogP contribution >= 0.6 is 18.9 Å². The van der Waals surface area contributed by atoms with Crippen molar-refractivity contribution in [2.45, 2.75) is 39.3 Å². The molecular weight excluding hydrogens is 287 g/mol. The van der Waals surface area contributed by atoms with Crippen LogP contribution in [-0.4, -0.2) is 23.1 Å². The average Bonchev–Trinajstić information content (AvgIpc) is 2.78. The molecule has 0 aliphatic rings. The van der Waals surface area contributed by atoms with E-state index >= 15 is 0 Å². The summed E-state index contributed by atoms with van der Waals surface area (Å²) in [7, 11) is -3.70. The van der Waals surface area contributed by atoms with Gasteiger partial charge in [0.2, 0.25) is 0 Å². The number of thiophene rings is 1. The van der Waals surface area contributed by atoms with E-state index in [1.54, 1.807) is 6.92 Å². The Bertz CT molecular complexity index is 466. The summed E-state index contributed by atoms with van der Waals surface area (Å²) in [4.78, 5) is 21.7. The average molecular weight is 306 g/mol. The Morgan fingerprint density at radius 3 is 2.53 bits per heavy atom. The van der Waals surface area contributed by atoms with Gasteiger partial charge in [-0.2, -0.15) is 0 Å². The molecule has 0 aliphatic heterocycles. The van der Waals surface area contributed by atoms with Gasteiger partial charge in [0, 0.05) is 0 Å². The number of esters is 1. The zero-order valence-electron chi connectivity index (χ0n) is 11.3. The minimum atomic E-state index is -3.70. The van der Waals surface area contributed by atoms with Crippen LogP contribution in [0.1, 0.15) is 43.3 Å². The van der Waals surface area contributed by atoms with Gasteiger partial charge in [-0.3, -0.25) is 0 Å². The minimum Gasteiger partial charge on any atom is -0.462 e. The lowest BCUT2D eigenvalue weighted by molar-refractivity contribution is 0.0532. The van der Waals surface area contributed by atoms with Crippen LogP contribution in [0.5, 0.6) is 5.06 Å². The third kappa shape index (κ3) is 4.34. The molecule has 1 atom stereocenters. The van der Waals surface area contributed by atoms with Crippen LogP contribution < -0.4 is 4.52 Å². The van der Waals surface area contributed by atoms with E-state index < -0.39 is 13.6 Å². The highest BCUT2D eigenvalue weighted by Gasteiger charge is 2.31. The van der Waals surface area contributed by atoms with Gasteiger partial charge in [0.25, 0.3) is 0 Å². The maximum absolute atomic E-state index is 12.1. The molecule has 0 aromatic carbocycles. The lowest BCUT2D eigenvalue weighted by Crippen LogP contribution is -2.09. The molecule has 108 valence electrons. The van der Waals surface area contributed by atoms with Gasteiger partial charge >= 0.3 is 13.6 Å². The van der Waals surface area contributed by atoms with Gasteiger partial charge in [-0.15, -0.1) is 0 Å². The van der Waals surface area contributed by atoms with Gasteiger partial charge in [0.1, 0.15) is 4.88 Å². The van der Waals surface area contributed by atoms with Gasteiger partial charge in [0.15, 0.2) is 5.06 Å². The molecule has 0 bridgehead atoms. The van der Waals surface area contributed by atoms with E-state index in [0.717, 1.165) is 11.3 Å². The van der Waals surface area contributed by atoms with Gasteiger partial charge in [0.05, 0.1) is 12.3 Å². The van der Waals surface area contributed by atoms with Crippen molar-refractivity contribution in [1.82, 2.24) is 0 Å². The van der Waals surface area contributed by atoms with Crippen molar-refractivity contribution in [3.8, 4) is 5.06 Å². The zero-order valence-corrected chi connectivity index (χ0v) is 13.0. The summed E-state index contributed by atoms with van der Waals surface area (Å²) in [6, 6.07) is 3.05. The Kier molecular flexibility index (Phi) is 6.04. The molecule has 1 unspecified atom stereocenters. The fourth-order valence-corrected chi connectivity index (χ4v) is 4.13. The molecule has 1 aromatic rings. The van der Waals surface area contributed by atoms with E-state index in [9.17, 15) is 14.3 Å². The lowest BCUT2D eigenvalue weighted by Gasteiger charge is -2.19. The van der Waals surface area contributed by atoms with E-state index in [1.165, 1.54) is 12.1 Å². The predicted octanol–water partition coefficient (Wildman–Crippen LogP) is 3.68. The topological polar surface area (TPSA) is 72.8 Å². The molecule has 0 radical (unpaired) electrons. The first-order valence-electron chi connectivity index (χ1n) is 6.23. The normalized spacial score (nSPS) is 14.2. The van der Waals surface area contributed by atoms with Crippen LogP contribution in [0.4, 0.5) is 0 Å². The fraction of sp³-hybridized carbons (Fsp3) is 0.583. The summed E-state index contributed by atoms with van der Waals surface area (Å²) < 4.78 is 22.1. The van der Waals surface area contributed by atoms with Crippen molar-refractivity contribution in [2.24, 2.45) is 0 Å². The Labute approximate surface area is 117 Å². The predicted molar refractivity (Wildman–Crippen MR) is 75.1 cm³/mol. The smallest absolute Gasteiger partial charge is 0.380 e. The first-order valence-corrected chi connectivity index (χ1v) is 8.69. The monoisotopic (exact) mass is 306 g/mol. The third-order valence-electron chi connectivity index (χ3n) is 2.68. The molecule has 0 aliphatic carbocycles. The maximum Gasteiger partial charge on any atom is 0.380 e. The molecule has 5 nitrogen and oxygen atoms in total. The summed E-state index contributed by atoms with van der Waals surface area (Å²) >= 11 is 1.02. The first kappa shape index (κ1) is 16.2. The number of ether oxygens (including phenoxy) is 1. The third-order valence-corrected chi connectivity index (χ3v) is 5.86. The van der Waals surface area contributed by atoms with E-state index in [0.29, 0.717) is 24.3 Å². The van der Waals surface area contributed by atoms with Crippen molar-refractivity contribution in [3.63, 3.8) is 0 Å². The largest absolute Gasteiger partial charge is 0.462 e. The van der Waals surface area contributed by atoms with Crippen molar-refractivity contribution < 1.29 is 23.5 Å². The van der Waals surface area contributed by atoms with Crippen LogP contribution in [-0.2, 0) is 9.30 Å². The summed E-state index contributed by atoms with van der Waals surface area (Å²) in [6.45, 7) is 5.70. The van der Waals surface area contributed by atoms with Gasteiger partial charge in [-0.05, 0) is 31.9 Å². The molecule has 0 saturated carbocycles. The number of hydrogen-bond donors (Lipinski definition) is 1. The number of hydrogen-bond acceptors (Lipinski definition) is 5. The Morgan fingerprint density at radius 1 is 1.37 bits per heavy atom. The lowest BCUT2D eigenvalue weighted by atomic mass is 10.3. The number of carbonyl (C=O) groups is 1. The minimum absolute atomic E-state index is 0.265. The SMILES string of the molecule is CCOC(=O)c1ccc(OP(=O)(O)C(CC)CC)s1. The summed E-state index contributed by atoms with van der Waals surface area (Å²) in [5.74, 6) is -0.447. The van der Waals surface area contributed by atoms with E-state index in [4.69, 9.17) is 9.26 Å². The molecule has 1 aromatic heterocycles. The maximum atomic E-state index is 12.1. The van der Waals surface area contributed by atoms with Crippen LogP contribution in [0.3, 0.4) is 0 Å². The Hall–Kier alpha value is -0.840. The standard InChI is InChI=1S/C12H19O5PS/c1-4-9(5-2)18(14,15)17-11-8-7-10(19-11)12(13)16-6-3/h7-9H,4-6H2,1-3H3,(H,14,15). The summed E-state index contributed by atoms with van der Waals surface area (Å²) in [5, 5.41) is 0.265. The number of carbonyl (C=O) groups excluding carboxylic acids is 1. The van der Waals surface area contributed by atoms with Gasteiger partial charge in [-0.1, -0.05) is 25.2 Å². The molecule has 19 heavy (non-hydrogen) atoms. The molecule has 0 spiro atoms. The zero-order chi connectivity index (χ0) is 14.5. The van der Waals surface area contributed by atoms with Gasteiger partial charge < -0.3 is 14.2 Å². The second-order valence-corrected chi connectivity index (χ2v) is 7.05. The quantitative estimate of drug-likeness (QED) is 0.614. The van der Waals surface area contributed by atoms with Crippen molar-refractivity contribution in [2.75, 3.05) is 6.61 Å². The molecule has 1 N–H and O–H groups in total. The molecule has 0 amide bonds. The molecule has 7 heteroatoms. The molecule has 0 saturated heterocycles. The van der Waals surface area contributed by atoms with E-state index in [-0.39, 0.29) is 10.7 Å². The van der Waals surface area contributed by atoms with Crippen molar-refractivity contribution in [1.29, 1.82) is 0 Å². The second-order valence-electron chi connectivity index (χ2n) is 3.96. The highest BCUT2D eigenvalue weighted by Crippen LogP contribution is 2.51. The Balaban J connectivity index is 2.78. The molecule has 0 fully saturated rings. The molecular formula is C12H19O5PS. The number of rotatable bonds is 7.